The van der Waals surface area contributed by atoms with Crippen LogP contribution in [0.15, 0.2) is 96.1 Å². The SMILES string of the molecule is C1CC[SiH2]C1.CCC[CH2][Zr][C](CCC)(C1C(C)=Cc2c(-c3ccccc3)cccc21)C1C(C)=Cc2c1ccc1ccccc21. The number of hydrogen-bond donors (Lipinski definition) is 0. The van der Waals surface area contributed by atoms with Crippen LogP contribution < -0.4 is 0 Å². The van der Waals surface area contributed by atoms with Crippen LogP contribution in [-0.4, -0.2) is 9.52 Å². The molecular weight excluding hydrogens is 624 g/mol. The fraction of sp³-hybridized carbons (Fsp3) is 0.381. The molecule has 2 heteroatoms. The molecule has 1 fully saturated rings. The summed E-state index contributed by atoms with van der Waals surface area (Å²) in [5, 5.41) is 2.79. The number of rotatable bonds is 9. The van der Waals surface area contributed by atoms with Gasteiger partial charge in [-0.1, -0.05) is 24.9 Å². The van der Waals surface area contributed by atoms with Crippen LogP contribution in [0.4, 0.5) is 0 Å². The molecule has 4 aromatic carbocycles. The molecule has 7 rings (SSSR count). The predicted molar refractivity (Wildman–Crippen MR) is 193 cm³/mol. The first kappa shape index (κ1) is 31.7. The molecule has 1 aliphatic heterocycles. The molecular formula is C42H50SiZr. The van der Waals surface area contributed by atoms with Crippen LogP contribution in [0.5, 0.6) is 0 Å². The monoisotopic (exact) mass is 672 g/mol. The van der Waals surface area contributed by atoms with Gasteiger partial charge in [0, 0.05) is 9.52 Å². The van der Waals surface area contributed by atoms with Crippen LogP contribution in [0.1, 0.15) is 100 Å². The zero-order valence-electron chi connectivity index (χ0n) is 27.5. The fourth-order valence-corrected chi connectivity index (χ4v) is 16.8. The van der Waals surface area contributed by atoms with Gasteiger partial charge in [-0.3, -0.25) is 0 Å². The summed E-state index contributed by atoms with van der Waals surface area (Å²) in [7, 11) is 0.543. The molecule has 0 nitrogen and oxygen atoms in total. The maximum absolute atomic E-state index is 2.56. The topological polar surface area (TPSA) is 0 Å². The zero-order chi connectivity index (χ0) is 30.5. The Bertz CT molecular complexity index is 1640. The number of benzene rings is 4. The van der Waals surface area contributed by atoms with Crippen molar-refractivity contribution in [2.75, 3.05) is 0 Å². The van der Waals surface area contributed by atoms with Crippen LogP contribution in [-0.2, 0) is 23.2 Å². The van der Waals surface area contributed by atoms with E-state index in [1.54, 1.807) is 47.2 Å². The van der Waals surface area contributed by atoms with E-state index < -0.39 is 23.2 Å². The molecule has 0 saturated carbocycles. The second-order valence-corrected chi connectivity index (χ2v) is 20.0. The van der Waals surface area contributed by atoms with E-state index in [9.17, 15) is 0 Å². The Kier molecular flexibility index (Phi) is 10.4. The molecule has 1 saturated heterocycles. The van der Waals surface area contributed by atoms with E-state index >= 15 is 0 Å². The van der Waals surface area contributed by atoms with Gasteiger partial charge in [0.15, 0.2) is 0 Å². The summed E-state index contributed by atoms with van der Waals surface area (Å²) in [4.78, 5) is 0. The van der Waals surface area contributed by atoms with Gasteiger partial charge in [-0.25, -0.2) is 0 Å². The molecule has 0 N–H and O–H groups in total. The van der Waals surface area contributed by atoms with Crippen molar-refractivity contribution in [3.05, 3.63) is 118 Å². The molecule has 0 bridgehead atoms. The fourth-order valence-electron chi connectivity index (χ4n) is 8.61. The molecule has 3 atom stereocenters. The summed E-state index contributed by atoms with van der Waals surface area (Å²) in [5.41, 5.74) is 12.0. The summed E-state index contributed by atoms with van der Waals surface area (Å²) in [6, 6.07) is 35.3. The van der Waals surface area contributed by atoms with Crippen molar-refractivity contribution >= 4 is 32.4 Å². The first-order valence-electron chi connectivity index (χ1n) is 17.4. The van der Waals surface area contributed by atoms with E-state index in [1.165, 1.54) is 62.8 Å². The van der Waals surface area contributed by atoms with Gasteiger partial charge in [-0.05, 0) is 0 Å². The Balaban J connectivity index is 0.000000625. The Morgan fingerprint density at radius 3 is 2.07 bits per heavy atom. The van der Waals surface area contributed by atoms with Gasteiger partial charge in [0.25, 0.3) is 0 Å². The van der Waals surface area contributed by atoms with Gasteiger partial charge in [-0.2, -0.15) is 0 Å². The van der Waals surface area contributed by atoms with Crippen molar-refractivity contribution in [2.45, 2.75) is 97.4 Å². The quantitative estimate of drug-likeness (QED) is 0.123. The van der Waals surface area contributed by atoms with Crippen LogP contribution in [0.3, 0.4) is 0 Å². The van der Waals surface area contributed by atoms with Gasteiger partial charge >= 0.3 is 248 Å². The van der Waals surface area contributed by atoms with E-state index in [0.717, 1.165) is 0 Å². The predicted octanol–water partition coefficient (Wildman–Crippen LogP) is 12.3. The first-order chi connectivity index (χ1) is 21.6. The number of unbranched alkanes of at least 4 members (excludes halogenated alkanes) is 1. The molecule has 0 amide bonds. The van der Waals surface area contributed by atoms with E-state index in [1.807, 2.05) is 0 Å². The molecule has 0 radical (unpaired) electrons. The number of fused-ring (bicyclic) bond motifs is 4. The summed E-state index contributed by atoms with van der Waals surface area (Å²) in [5.74, 6) is 1.02. The molecule has 44 heavy (non-hydrogen) atoms. The average Bonchev–Trinajstić information content (AvgIpc) is 3.81. The van der Waals surface area contributed by atoms with Gasteiger partial charge in [-0.15, -0.1) is 0 Å². The Morgan fingerprint density at radius 1 is 0.705 bits per heavy atom. The third-order valence-corrected chi connectivity index (χ3v) is 17.6. The Hall–Kier alpha value is -2.28. The number of hydrogen-bond acceptors (Lipinski definition) is 0. The van der Waals surface area contributed by atoms with E-state index in [2.05, 4.69) is 125 Å². The molecule has 3 unspecified atom stereocenters. The van der Waals surface area contributed by atoms with Crippen molar-refractivity contribution in [1.82, 2.24) is 0 Å². The van der Waals surface area contributed by atoms with Crippen LogP contribution in [0.25, 0.3) is 34.1 Å². The van der Waals surface area contributed by atoms with Crippen LogP contribution >= 0.6 is 0 Å². The third kappa shape index (κ3) is 6.11. The Labute approximate surface area is 280 Å². The average molecular weight is 674 g/mol. The Morgan fingerprint density at radius 2 is 1.39 bits per heavy atom. The van der Waals surface area contributed by atoms with Crippen molar-refractivity contribution in [3.63, 3.8) is 0 Å². The second kappa shape index (κ2) is 14.4. The van der Waals surface area contributed by atoms with Crippen molar-refractivity contribution in [1.29, 1.82) is 0 Å². The van der Waals surface area contributed by atoms with E-state index in [-0.39, 0.29) is 0 Å². The zero-order valence-corrected chi connectivity index (χ0v) is 31.3. The maximum atomic E-state index is 2.56. The summed E-state index contributed by atoms with van der Waals surface area (Å²) in [6.45, 7) is 9.68. The standard InChI is InChI=1S/C34H31.C4H10Si.C4H9.Zr/c1-4-11-30(34-23(3)21-32-26-15-9-8-14-25(26)18-19-29(32)34)33-22(2)20-31-27(16-10-17-28(31)33)24-12-6-5-7-13-24;1-2-4-5-3-1;1-3-4-2;/h5-10,12-21,33-34H,4,11H2,1-3H3;1-5H2;1,3-4H2,2H3;. The number of allylic oxidation sites excluding steroid dienone is 2. The van der Waals surface area contributed by atoms with Gasteiger partial charge in [0.2, 0.25) is 0 Å². The van der Waals surface area contributed by atoms with Crippen molar-refractivity contribution < 1.29 is 23.2 Å². The summed E-state index contributed by atoms with van der Waals surface area (Å²) >= 11 is -0.789. The molecule has 4 aromatic rings. The van der Waals surface area contributed by atoms with Crippen LogP contribution in [0, 0.1) is 0 Å². The van der Waals surface area contributed by atoms with Gasteiger partial charge in [0.1, 0.15) is 0 Å². The third-order valence-electron chi connectivity index (χ3n) is 10.4. The van der Waals surface area contributed by atoms with Gasteiger partial charge < -0.3 is 0 Å². The summed E-state index contributed by atoms with van der Waals surface area (Å²) < 4.78 is 1.78. The second-order valence-electron chi connectivity index (χ2n) is 13.4. The molecule has 1 heterocycles. The molecule has 2 aliphatic carbocycles. The van der Waals surface area contributed by atoms with E-state index in [0.29, 0.717) is 24.5 Å². The summed E-state index contributed by atoms with van der Waals surface area (Å²) in [6.07, 6.45) is 13.5. The molecule has 0 aromatic heterocycles. The van der Waals surface area contributed by atoms with E-state index in [4.69, 9.17) is 0 Å². The van der Waals surface area contributed by atoms with Crippen molar-refractivity contribution in [3.8, 4) is 11.1 Å². The minimum absolute atomic E-state index is 0.322. The normalized spacial score (nSPS) is 19.8. The minimum atomic E-state index is -0.789. The van der Waals surface area contributed by atoms with Crippen LogP contribution in [0.2, 0.25) is 19.3 Å². The molecule has 0 spiro atoms. The first-order valence-corrected chi connectivity index (χ1v) is 22.4. The molecule has 226 valence electrons. The van der Waals surface area contributed by atoms with Gasteiger partial charge in [0.05, 0.1) is 0 Å². The van der Waals surface area contributed by atoms with Crippen molar-refractivity contribution in [2.24, 2.45) is 0 Å². The molecule has 3 aliphatic rings.